The highest BCUT2D eigenvalue weighted by Gasteiger charge is 2.08. The fourth-order valence-corrected chi connectivity index (χ4v) is 1.98. The van der Waals surface area contributed by atoms with E-state index in [1.165, 1.54) is 0 Å². The van der Waals surface area contributed by atoms with Gasteiger partial charge in [0.1, 0.15) is 16.0 Å². The van der Waals surface area contributed by atoms with Gasteiger partial charge in [-0.15, -0.1) is 0 Å². The number of methoxy groups -OCH3 is 1. The molecule has 2 rings (SSSR count). The van der Waals surface area contributed by atoms with Crippen molar-refractivity contribution in [3.05, 3.63) is 34.2 Å². The number of nitrogens with one attached hydrogen (secondary N) is 1. The summed E-state index contributed by atoms with van der Waals surface area (Å²) in [4.78, 5) is 7.13. The zero-order chi connectivity index (χ0) is 10.8. The number of aromatic amines is 1. The lowest BCUT2D eigenvalue weighted by Gasteiger charge is -2.04. The molecule has 1 aromatic carbocycles. The van der Waals surface area contributed by atoms with Crippen molar-refractivity contribution in [2.75, 3.05) is 7.11 Å². The van der Waals surface area contributed by atoms with Crippen molar-refractivity contribution in [3.8, 4) is 17.0 Å². The fraction of sp³-hybridized carbons (Fsp3) is 0.100. The molecule has 0 atom stereocenters. The largest absolute Gasteiger partial charge is 0.495 e. The van der Waals surface area contributed by atoms with Gasteiger partial charge in [0.05, 0.1) is 18.5 Å². The van der Waals surface area contributed by atoms with E-state index in [0.717, 1.165) is 15.9 Å². The molecule has 1 aromatic heterocycles. The van der Waals surface area contributed by atoms with Gasteiger partial charge in [0.25, 0.3) is 0 Å². The van der Waals surface area contributed by atoms with Gasteiger partial charge in [-0.1, -0.05) is 11.6 Å². The van der Waals surface area contributed by atoms with Gasteiger partial charge in [-0.05, 0) is 34.1 Å². The number of benzene rings is 1. The van der Waals surface area contributed by atoms with Crippen LogP contribution in [0.2, 0.25) is 5.02 Å². The van der Waals surface area contributed by atoms with E-state index >= 15 is 0 Å². The summed E-state index contributed by atoms with van der Waals surface area (Å²) < 4.78 is 5.91. The molecular formula is C10H8BrClN2O. The van der Waals surface area contributed by atoms with Gasteiger partial charge >= 0.3 is 0 Å². The van der Waals surface area contributed by atoms with Crippen LogP contribution in [0.15, 0.2) is 29.1 Å². The predicted octanol–water partition coefficient (Wildman–Crippen LogP) is 3.50. The highest BCUT2D eigenvalue weighted by molar-refractivity contribution is 9.10. The van der Waals surface area contributed by atoms with E-state index in [2.05, 4.69) is 25.9 Å². The van der Waals surface area contributed by atoms with Crippen LogP contribution in [0.1, 0.15) is 0 Å². The summed E-state index contributed by atoms with van der Waals surface area (Å²) in [5.74, 6) is 0.659. The topological polar surface area (TPSA) is 37.9 Å². The zero-order valence-corrected chi connectivity index (χ0v) is 10.3. The average Bonchev–Trinajstić information content (AvgIpc) is 2.64. The van der Waals surface area contributed by atoms with Gasteiger partial charge in [0.15, 0.2) is 0 Å². The van der Waals surface area contributed by atoms with Gasteiger partial charge < -0.3 is 9.72 Å². The molecule has 2 aromatic rings. The summed E-state index contributed by atoms with van der Waals surface area (Å²) >= 11 is 9.39. The molecule has 1 heterocycles. The predicted molar refractivity (Wildman–Crippen MR) is 63.3 cm³/mol. The molecule has 15 heavy (non-hydrogen) atoms. The molecule has 0 aliphatic carbocycles. The third-order valence-corrected chi connectivity index (χ3v) is 2.92. The molecule has 0 saturated heterocycles. The highest BCUT2D eigenvalue weighted by atomic mass is 79.9. The number of H-pyrrole nitrogens is 1. The Hall–Kier alpha value is -1.00. The number of aromatic nitrogens is 2. The molecule has 0 unspecified atom stereocenters. The van der Waals surface area contributed by atoms with Crippen molar-refractivity contribution in [1.29, 1.82) is 0 Å². The molecule has 3 nitrogen and oxygen atoms in total. The molecule has 0 fully saturated rings. The van der Waals surface area contributed by atoms with Crippen molar-refractivity contribution in [2.24, 2.45) is 0 Å². The molecule has 0 aliphatic rings. The minimum absolute atomic E-state index is 0.574. The second-order valence-electron chi connectivity index (χ2n) is 2.91. The van der Waals surface area contributed by atoms with Crippen LogP contribution in [-0.2, 0) is 0 Å². The van der Waals surface area contributed by atoms with Gasteiger partial charge in [-0.2, -0.15) is 0 Å². The molecule has 0 spiro atoms. The van der Waals surface area contributed by atoms with Gasteiger partial charge in [-0.3, -0.25) is 0 Å². The van der Waals surface area contributed by atoms with E-state index in [1.54, 1.807) is 13.4 Å². The van der Waals surface area contributed by atoms with Crippen LogP contribution in [0.3, 0.4) is 0 Å². The third-order valence-electron chi connectivity index (χ3n) is 2.02. The third kappa shape index (κ3) is 2.01. The average molecular weight is 288 g/mol. The number of nitrogens with zero attached hydrogens (tertiary/aromatic N) is 1. The first-order valence-electron chi connectivity index (χ1n) is 4.25. The summed E-state index contributed by atoms with van der Waals surface area (Å²) in [5.41, 5.74) is 1.77. The quantitative estimate of drug-likeness (QED) is 0.918. The maximum absolute atomic E-state index is 6.02. The Kier molecular flexibility index (Phi) is 2.98. The minimum Gasteiger partial charge on any atom is -0.495 e. The van der Waals surface area contributed by atoms with E-state index in [1.807, 2.05) is 18.2 Å². The summed E-state index contributed by atoms with van der Waals surface area (Å²) in [6, 6.07) is 5.55. The lowest BCUT2D eigenvalue weighted by Crippen LogP contribution is -1.85. The Labute approximate surface area is 101 Å². The molecule has 1 N–H and O–H groups in total. The molecule has 0 aliphatic heterocycles. The van der Waals surface area contributed by atoms with E-state index in [0.29, 0.717) is 10.8 Å². The van der Waals surface area contributed by atoms with Crippen LogP contribution in [0.4, 0.5) is 0 Å². The van der Waals surface area contributed by atoms with Crippen molar-refractivity contribution in [1.82, 2.24) is 9.97 Å². The van der Waals surface area contributed by atoms with Gasteiger partial charge in [0, 0.05) is 5.56 Å². The number of hydrogen-bond acceptors (Lipinski definition) is 2. The van der Waals surface area contributed by atoms with Crippen LogP contribution < -0.4 is 4.74 Å². The zero-order valence-electron chi connectivity index (χ0n) is 7.92. The second kappa shape index (κ2) is 4.24. The van der Waals surface area contributed by atoms with Crippen LogP contribution in [0.5, 0.6) is 5.75 Å². The van der Waals surface area contributed by atoms with Gasteiger partial charge in [-0.25, -0.2) is 4.98 Å². The highest BCUT2D eigenvalue weighted by Crippen LogP contribution is 2.31. The monoisotopic (exact) mass is 286 g/mol. The molecule has 78 valence electrons. The number of imidazole rings is 1. The molecule has 0 saturated carbocycles. The molecule has 0 radical (unpaired) electrons. The van der Waals surface area contributed by atoms with Crippen molar-refractivity contribution >= 4 is 27.5 Å². The number of hydrogen-bond donors (Lipinski definition) is 1. The standard InChI is InChI=1S/C10H8BrClN2O/c1-15-8-3-2-6(4-7(8)12)9-10(11)14-5-13-9/h2-5H,1H3,(H,13,14). The van der Waals surface area contributed by atoms with Crippen LogP contribution in [-0.4, -0.2) is 17.1 Å². The van der Waals surface area contributed by atoms with Crippen molar-refractivity contribution in [2.45, 2.75) is 0 Å². The Morgan fingerprint density at radius 1 is 1.47 bits per heavy atom. The first-order chi connectivity index (χ1) is 7.22. The number of rotatable bonds is 2. The summed E-state index contributed by atoms with van der Waals surface area (Å²) in [6.45, 7) is 0. The molecule has 0 bridgehead atoms. The maximum atomic E-state index is 6.02. The van der Waals surface area contributed by atoms with E-state index in [9.17, 15) is 0 Å². The Balaban J connectivity index is 2.47. The number of halogens is 2. The molecule has 5 heteroatoms. The summed E-state index contributed by atoms with van der Waals surface area (Å²) in [7, 11) is 1.59. The van der Waals surface area contributed by atoms with E-state index < -0.39 is 0 Å². The van der Waals surface area contributed by atoms with Crippen molar-refractivity contribution < 1.29 is 4.74 Å². The first kappa shape index (κ1) is 10.5. The summed E-state index contributed by atoms with van der Waals surface area (Å²) in [6.07, 6.45) is 1.62. The molecule has 0 amide bonds. The van der Waals surface area contributed by atoms with Crippen LogP contribution >= 0.6 is 27.5 Å². The Bertz CT molecular complexity index is 484. The first-order valence-corrected chi connectivity index (χ1v) is 5.42. The van der Waals surface area contributed by atoms with E-state index in [4.69, 9.17) is 16.3 Å². The summed E-state index contributed by atoms with van der Waals surface area (Å²) in [5, 5.41) is 0.574. The van der Waals surface area contributed by atoms with Crippen molar-refractivity contribution in [3.63, 3.8) is 0 Å². The van der Waals surface area contributed by atoms with Crippen LogP contribution in [0.25, 0.3) is 11.3 Å². The molecular weight excluding hydrogens is 279 g/mol. The second-order valence-corrected chi connectivity index (χ2v) is 4.11. The Morgan fingerprint density at radius 2 is 2.27 bits per heavy atom. The van der Waals surface area contributed by atoms with Crippen LogP contribution in [0, 0.1) is 0 Å². The lowest BCUT2D eigenvalue weighted by molar-refractivity contribution is 0.415. The fourth-order valence-electron chi connectivity index (χ4n) is 1.29. The van der Waals surface area contributed by atoms with Gasteiger partial charge in [0.2, 0.25) is 0 Å². The lowest BCUT2D eigenvalue weighted by atomic mass is 10.1. The van der Waals surface area contributed by atoms with E-state index in [-0.39, 0.29) is 0 Å². The number of ether oxygens (including phenoxy) is 1. The SMILES string of the molecule is COc1ccc(-c2nc[nH]c2Br)cc1Cl. The maximum Gasteiger partial charge on any atom is 0.137 e. The minimum atomic E-state index is 0.574. The Morgan fingerprint density at radius 3 is 2.80 bits per heavy atom. The smallest absolute Gasteiger partial charge is 0.137 e. The normalized spacial score (nSPS) is 10.3.